The molecule has 2 aromatic carbocycles. The lowest BCUT2D eigenvalue weighted by Crippen LogP contribution is -2.99. The molecule has 1 aromatic heterocycles. The van der Waals surface area contributed by atoms with Gasteiger partial charge in [0.05, 0.1) is 12.2 Å². The van der Waals surface area contributed by atoms with Gasteiger partial charge >= 0.3 is 0 Å². The van der Waals surface area contributed by atoms with Gasteiger partial charge in [0.1, 0.15) is 5.69 Å². The van der Waals surface area contributed by atoms with E-state index in [2.05, 4.69) is 20.2 Å². The van der Waals surface area contributed by atoms with Crippen LogP contribution in [-0.2, 0) is 0 Å². The molecule has 2 heterocycles. The number of hydrogen-bond donors (Lipinski definition) is 2. The molecule has 0 spiro atoms. The second-order valence-corrected chi connectivity index (χ2v) is 6.04. The summed E-state index contributed by atoms with van der Waals surface area (Å²) < 4.78 is 1.73. The fraction of sp³-hybridized carbons (Fsp3) is 0.167. The van der Waals surface area contributed by atoms with E-state index in [-0.39, 0.29) is 5.69 Å². The van der Waals surface area contributed by atoms with Crippen LogP contribution in [0.5, 0.6) is 0 Å². The van der Waals surface area contributed by atoms with E-state index in [1.54, 1.807) is 28.9 Å². The van der Waals surface area contributed by atoms with Crippen LogP contribution in [0, 0.1) is 5.21 Å². The van der Waals surface area contributed by atoms with Gasteiger partial charge in [-0.15, -0.1) is 5.10 Å². The Morgan fingerprint density at radius 2 is 1.81 bits per heavy atom. The van der Waals surface area contributed by atoms with Crippen molar-refractivity contribution in [2.24, 2.45) is 4.99 Å². The quantitative estimate of drug-likeness (QED) is 0.686. The summed E-state index contributed by atoms with van der Waals surface area (Å²) in [4.78, 5) is 6.63. The summed E-state index contributed by atoms with van der Waals surface area (Å²) in [6.07, 6.45) is 0. The van der Waals surface area contributed by atoms with Crippen LogP contribution >= 0.6 is 0 Å². The highest BCUT2D eigenvalue weighted by Crippen LogP contribution is 2.27. The molecule has 0 aliphatic carbocycles. The molecule has 0 amide bonds. The van der Waals surface area contributed by atoms with Gasteiger partial charge in [-0.05, 0) is 12.1 Å². The van der Waals surface area contributed by atoms with Crippen molar-refractivity contribution in [2.75, 3.05) is 20.1 Å². The van der Waals surface area contributed by atoms with Crippen LogP contribution in [-0.4, -0.2) is 51.1 Å². The Kier molecular flexibility index (Phi) is 4.21. The minimum absolute atomic E-state index is 0.232. The molecule has 2 N–H and O–H groups in total. The molecule has 1 atom stereocenters. The van der Waals surface area contributed by atoms with Crippen molar-refractivity contribution in [1.82, 2.24) is 19.9 Å². The second kappa shape index (κ2) is 6.68. The first-order valence-corrected chi connectivity index (χ1v) is 8.26. The van der Waals surface area contributed by atoms with Crippen LogP contribution in [0.1, 0.15) is 5.69 Å². The lowest BCUT2D eigenvalue weighted by Gasteiger charge is -2.14. The van der Waals surface area contributed by atoms with Gasteiger partial charge < -0.3 is 10.1 Å². The fourth-order valence-electron chi connectivity index (χ4n) is 3.00. The van der Waals surface area contributed by atoms with Crippen molar-refractivity contribution in [3.05, 3.63) is 65.5 Å². The fourth-order valence-corrected chi connectivity index (χ4v) is 3.00. The Morgan fingerprint density at radius 1 is 1.08 bits per heavy atom. The van der Waals surface area contributed by atoms with Crippen molar-refractivity contribution >= 4 is 11.5 Å². The second-order valence-electron chi connectivity index (χ2n) is 6.04. The van der Waals surface area contributed by atoms with Crippen molar-refractivity contribution in [3.8, 4) is 16.9 Å². The minimum Gasteiger partial charge on any atom is -0.595 e. The molecule has 4 rings (SSSR count). The third kappa shape index (κ3) is 2.86. The molecule has 26 heavy (non-hydrogen) atoms. The van der Waals surface area contributed by atoms with Gasteiger partial charge in [-0.3, -0.25) is 4.99 Å². The lowest BCUT2D eigenvalue weighted by molar-refractivity contribution is -0.991. The highest BCUT2D eigenvalue weighted by molar-refractivity contribution is 6.02. The van der Waals surface area contributed by atoms with Crippen LogP contribution in [0.2, 0.25) is 0 Å². The Balaban J connectivity index is 1.86. The minimum atomic E-state index is -0.957. The summed E-state index contributed by atoms with van der Waals surface area (Å²) in [5, 5.41) is 27.9. The first kappa shape index (κ1) is 16.4. The lowest BCUT2D eigenvalue weighted by atomic mass is 10.1. The highest BCUT2D eigenvalue weighted by Gasteiger charge is 2.25. The number of amidine groups is 1. The first-order chi connectivity index (χ1) is 12.6. The van der Waals surface area contributed by atoms with E-state index in [1.165, 1.54) is 0 Å². The summed E-state index contributed by atoms with van der Waals surface area (Å²) in [5.74, 6) is 0.817. The normalized spacial score (nSPS) is 15.2. The van der Waals surface area contributed by atoms with Gasteiger partial charge in [-0.2, -0.15) is 5.23 Å². The van der Waals surface area contributed by atoms with Crippen LogP contribution in [0.4, 0.5) is 5.69 Å². The monoisotopic (exact) mass is 350 g/mol. The van der Waals surface area contributed by atoms with E-state index >= 15 is 0 Å². The predicted octanol–water partition coefficient (Wildman–Crippen LogP) is 1.03. The van der Waals surface area contributed by atoms with Crippen molar-refractivity contribution in [1.29, 1.82) is 0 Å². The molecule has 1 aliphatic rings. The number of hydrogen-bond acceptors (Lipinski definition) is 6. The van der Waals surface area contributed by atoms with E-state index in [9.17, 15) is 5.21 Å². The largest absolute Gasteiger partial charge is 0.595 e. The molecule has 0 bridgehead atoms. The smallest absolute Gasteiger partial charge is 0.163 e. The molecule has 1 unspecified atom stereocenters. The van der Waals surface area contributed by atoms with E-state index in [0.29, 0.717) is 0 Å². The molecule has 1 aliphatic heterocycles. The molecule has 8 nitrogen and oxygen atoms in total. The molecule has 0 radical (unpaired) electrons. The molecule has 3 aromatic rings. The zero-order valence-electron chi connectivity index (χ0n) is 14.2. The number of rotatable bonds is 4. The maximum absolute atomic E-state index is 11.1. The van der Waals surface area contributed by atoms with Gasteiger partial charge in [0.2, 0.25) is 0 Å². The van der Waals surface area contributed by atoms with Gasteiger partial charge in [-0.25, -0.2) is 9.89 Å². The molecule has 132 valence electrons. The Bertz CT molecular complexity index is 934. The number of nitrogens with one attached hydrogen (secondary N) is 1. The van der Waals surface area contributed by atoms with Crippen LogP contribution in [0.15, 0.2) is 59.6 Å². The zero-order valence-corrected chi connectivity index (χ0v) is 14.2. The molecule has 0 saturated carbocycles. The SMILES string of the molecule is CN1CCN=C1c1nnn(-c2ccc([NH+]([O-])O)cc2)c1-c1ccccc1. The van der Waals surface area contributed by atoms with Crippen molar-refractivity contribution < 1.29 is 10.4 Å². The number of benzene rings is 2. The molecule has 8 heteroatoms. The Labute approximate surface area is 150 Å². The van der Waals surface area contributed by atoms with Crippen molar-refractivity contribution in [3.63, 3.8) is 0 Å². The van der Waals surface area contributed by atoms with E-state index in [0.717, 1.165) is 41.6 Å². The van der Waals surface area contributed by atoms with Crippen LogP contribution in [0.25, 0.3) is 16.9 Å². The average molecular weight is 350 g/mol. The maximum Gasteiger partial charge on any atom is 0.163 e. The number of nitrogens with zero attached hydrogens (tertiary/aromatic N) is 5. The number of quaternary nitrogens is 1. The third-order valence-electron chi connectivity index (χ3n) is 4.35. The standard InChI is InChI=1S/C18H18N6O2/c1-22-12-11-19-18(22)16-17(13-5-3-2-4-6-13)23(21-20-16)14-7-9-15(10-8-14)24(25)26/h2-10,24-25H,11-12H2,1H3. The molecular formula is C18H18N6O2. The first-order valence-electron chi connectivity index (χ1n) is 8.26. The summed E-state index contributed by atoms with van der Waals surface area (Å²) in [6.45, 7) is 1.59. The zero-order chi connectivity index (χ0) is 18.1. The Hall–Kier alpha value is -3.07. The van der Waals surface area contributed by atoms with E-state index in [4.69, 9.17) is 5.21 Å². The Morgan fingerprint density at radius 3 is 2.42 bits per heavy atom. The van der Waals surface area contributed by atoms with E-state index < -0.39 is 5.23 Å². The predicted molar refractivity (Wildman–Crippen MR) is 96.6 cm³/mol. The highest BCUT2D eigenvalue weighted by atomic mass is 16.8. The van der Waals surface area contributed by atoms with Gasteiger partial charge in [0.25, 0.3) is 0 Å². The van der Waals surface area contributed by atoms with Crippen LogP contribution < -0.4 is 5.23 Å². The number of aliphatic imine (C=N–C) groups is 1. The van der Waals surface area contributed by atoms with Crippen molar-refractivity contribution in [2.45, 2.75) is 0 Å². The molecule has 0 fully saturated rings. The van der Waals surface area contributed by atoms with E-state index in [1.807, 2.05) is 37.4 Å². The van der Waals surface area contributed by atoms with Gasteiger partial charge in [0.15, 0.2) is 17.2 Å². The summed E-state index contributed by atoms with van der Waals surface area (Å²) in [6, 6.07) is 16.5. The topological polar surface area (TPSA) is 94.0 Å². The summed E-state index contributed by atoms with van der Waals surface area (Å²) in [7, 11) is 1.99. The number of likely N-dealkylation sites (N-methyl/N-ethyl adjacent to an activating group) is 1. The van der Waals surface area contributed by atoms with Crippen LogP contribution in [0.3, 0.4) is 0 Å². The molecular weight excluding hydrogens is 332 g/mol. The van der Waals surface area contributed by atoms with Gasteiger partial charge in [-0.1, -0.05) is 35.5 Å². The summed E-state index contributed by atoms with van der Waals surface area (Å²) >= 11 is 0. The molecule has 0 saturated heterocycles. The summed E-state index contributed by atoms with van der Waals surface area (Å²) in [5.41, 5.74) is 3.50. The third-order valence-corrected chi connectivity index (χ3v) is 4.35. The number of aromatic nitrogens is 3. The maximum atomic E-state index is 11.1. The average Bonchev–Trinajstić information content (AvgIpc) is 3.28. The van der Waals surface area contributed by atoms with Gasteiger partial charge in [0, 0.05) is 31.3 Å².